The lowest BCUT2D eigenvalue weighted by atomic mass is 9.70. The number of rotatable bonds is 5. The minimum Gasteiger partial charge on any atom is -0.467 e. The largest absolute Gasteiger partial charge is 0.467 e. The first-order valence-electron chi connectivity index (χ1n) is 12.6. The number of furan rings is 2. The van der Waals surface area contributed by atoms with Crippen molar-refractivity contribution in [3.05, 3.63) is 75.2 Å². The molecule has 2 aliphatic carbocycles. The van der Waals surface area contributed by atoms with Gasteiger partial charge in [-0.25, -0.2) is 0 Å². The van der Waals surface area contributed by atoms with Gasteiger partial charge in [0, 0.05) is 32.8 Å². The number of hydrogen-bond acceptors (Lipinski definition) is 6. The first-order valence-corrected chi connectivity index (χ1v) is 14.2. The highest BCUT2D eigenvalue weighted by Gasteiger charge is 2.60. The van der Waals surface area contributed by atoms with Gasteiger partial charge in [0.05, 0.1) is 17.7 Å². The normalized spacial score (nSPS) is 27.5. The molecular weight excluding hydrogens is 541 g/mol. The van der Waals surface area contributed by atoms with Crippen molar-refractivity contribution in [2.24, 2.45) is 27.0 Å². The maximum Gasteiger partial charge on any atom is 0.267 e. The molecule has 0 N–H and O–H groups in total. The predicted molar refractivity (Wildman–Crippen MR) is 153 cm³/mol. The van der Waals surface area contributed by atoms with Crippen molar-refractivity contribution < 1.29 is 13.6 Å². The molecule has 38 heavy (non-hydrogen) atoms. The van der Waals surface area contributed by atoms with Crippen LogP contribution in [0.15, 0.2) is 72.7 Å². The minimum atomic E-state index is -0.173. The number of carbonyl (C=O) groups is 1. The molecule has 1 aromatic carbocycles. The number of halogens is 2. The van der Waals surface area contributed by atoms with Gasteiger partial charge >= 0.3 is 0 Å². The summed E-state index contributed by atoms with van der Waals surface area (Å²) >= 11 is 13.6. The van der Waals surface area contributed by atoms with Gasteiger partial charge in [-0.2, -0.15) is 5.10 Å². The van der Waals surface area contributed by atoms with Gasteiger partial charge in [-0.1, -0.05) is 44.0 Å². The van der Waals surface area contributed by atoms with E-state index in [0.717, 1.165) is 24.1 Å². The van der Waals surface area contributed by atoms with Gasteiger partial charge in [-0.15, -0.1) is 5.10 Å². The molecule has 0 radical (unpaired) electrons. The quantitative estimate of drug-likeness (QED) is 0.229. The van der Waals surface area contributed by atoms with E-state index in [1.165, 1.54) is 18.2 Å². The number of benzene rings is 1. The standard InChI is InChI=1S/C29H27Cl2N3O3S/c1-28(2)18-8-9-29(28,3)25(13-18)32-33-27-34(16-22-5-4-10-36-22)26(35)24(38-27)15-21-6-7-23(37-21)17-11-19(30)14-20(31)12-17/h4-7,10-12,14-15,18H,8-9,13,16H2,1-3H3/b24-15-,32-25+,33-27+. The molecule has 3 heterocycles. The third-order valence-corrected chi connectivity index (χ3v) is 10.0. The van der Waals surface area contributed by atoms with E-state index in [1.807, 2.05) is 24.3 Å². The number of amides is 1. The average Bonchev–Trinajstić information content (AvgIpc) is 3.66. The van der Waals surface area contributed by atoms with Crippen LogP contribution >= 0.6 is 35.0 Å². The maximum absolute atomic E-state index is 13.5. The summed E-state index contributed by atoms with van der Waals surface area (Å²) in [6.45, 7) is 7.26. The van der Waals surface area contributed by atoms with E-state index in [-0.39, 0.29) is 23.3 Å². The lowest BCUT2D eigenvalue weighted by Gasteiger charge is -2.34. The van der Waals surface area contributed by atoms with Gasteiger partial charge in [-0.3, -0.25) is 9.69 Å². The van der Waals surface area contributed by atoms with Crippen LogP contribution in [0.3, 0.4) is 0 Å². The molecule has 1 amide bonds. The van der Waals surface area contributed by atoms with Gasteiger partial charge < -0.3 is 8.83 Å². The van der Waals surface area contributed by atoms with Crippen LogP contribution in [-0.4, -0.2) is 21.7 Å². The second kappa shape index (κ2) is 9.47. The Labute approximate surface area is 235 Å². The van der Waals surface area contributed by atoms with Crippen LogP contribution in [0.25, 0.3) is 17.4 Å². The molecule has 1 aliphatic heterocycles. The molecule has 3 aromatic rings. The Balaban J connectivity index is 1.31. The molecule has 2 aromatic heterocycles. The number of amidine groups is 1. The van der Waals surface area contributed by atoms with E-state index in [4.69, 9.17) is 37.1 Å². The Kier molecular flexibility index (Phi) is 6.36. The zero-order chi connectivity index (χ0) is 26.7. The molecule has 196 valence electrons. The predicted octanol–water partition coefficient (Wildman–Crippen LogP) is 8.52. The van der Waals surface area contributed by atoms with Crippen molar-refractivity contribution in [2.75, 3.05) is 0 Å². The third kappa shape index (κ3) is 4.34. The fraction of sp³-hybridized carbons (Fsp3) is 0.345. The van der Waals surface area contributed by atoms with E-state index in [2.05, 4.69) is 25.9 Å². The molecule has 2 saturated carbocycles. The molecule has 1 saturated heterocycles. The number of carbonyl (C=O) groups excluding carboxylic acids is 1. The summed E-state index contributed by atoms with van der Waals surface area (Å²) in [6.07, 6.45) is 6.65. The highest BCUT2D eigenvalue weighted by molar-refractivity contribution is 8.18. The molecule has 6 nitrogen and oxygen atoms in total. The molecule has 9 heteroatoms. The van der Waals surface area contributed by atoms with Crippen LogP contribution in [-0.2, 0) is 11.3 Å². The fourth-order valence-corrected chi connectivity index (χ4v) is 7.31. The van der Waals surface area contributed by atoms with Gasteiger partial charge in [0.25, 0.3) is 5.91 Å². The average molecular weight is 569 g/mol. The Morgan fingerprint density at radius 2 is 1.92 bits per heavy atom. The summed E-state index contributed by atoms with van der Waals surface area (Å²) in [5, 5.41) is 11.0. The molecule has 6 rings (SSSR count). The lowest BCUT2D eigenvalue weighted by molar-refractivity contribution is -0.122. The molecule has 0 spiro atoms. The third-order valence-electron chi connectivity index (χ3n) is 8.60. The SMILES string of the molecule is CC12CCC(C/C1=N\N=C1\S/C(=C\c3ccc(-c4cc(Cl)cc(Cl)c4)o3)C(=O)N1Cc1ccco1)C2(C)C. The van der Waals surface area contributed by atoms with Gasteiger partial charge in [0.1, 0.15) is 17.3 Å². The van der Waals surface area contributed by atoms with Gasteiger partial charge in [0.15, 0.2) is 5.17 Å². The summed E-state index contributed by atoms with van der Waals surface area (Å²) < 4.78 is 11.5. The Morgan fingerprint density at radius 1 is 1.13 bits per heavy atom. The summed E-state index contributed by atoms with van der Waals surface area (Å²) in [5.74, 6) is 2.28. The second-order valence-electron chi connectivity index (χ2n) is 10.9. The molecule has 2 bridgehead atoms. The van der Waals surface area contributed by atoms with Gasteiger partial charge in [0.2, 0.25) is 0 Å². The molecule has 2 atom stereocenters. The highest BCUT2D eigenvalue weighted by Crippen LogP contribution is 2.64. The summed E-state index contributed by atoms with van der Waals surface area (Å²) in [6, 6.07) is 12.5. The van der Waals surface area contributed by atoms with Crippen molar-refractivity contribution >= 4 is 57.8 Å². The summed E-state index contributed by atoms with van der Waals surface area (Å²) in [7, 11) is 0. The first-order chi connectivity index (χ1) is 18.1. The van der Waals surface area contributed by atoms with Crippen LogP contribution in [0.4, 0.5) is 0 Å². The van der Waals surface area contributed by atoms with E-state index in [9.17, 15) is 4.79 Å². The Bertz CT molecular complexity index is 1480. The van der Waals surface area contributed by atoms with Crippen LogP contribution in [0.2, 0.25) is 10.0 Å². The van der Waals surface area contributed by atoms with Crippen LogP contribution in [0, 0.1) is 16.7 Å². The second-order valence-corrected chi connectivity index (χ2v) is 12.7. The van der Waals surface area contributed by atoms with Crippen LogP contribution < -0.4 is 0 Å². The van der Waals surface area contributed by atoms with Crippen LogP contribution in [0.5, 0.6) is 0 Å². The summed E-state index contributed by atoms with van der Waals surface area (Å²) in [5.41, 5.74) is 2.13. The summed E-state index contributed by atoms with van der Waals surface area (Å²) in [4.78, 5) is 15.6. The smallest absolute Gasteiger partial charge is 0.267 e. The molecule has 2 unspecified atom stereocenters. The number of nitrogens with zero attached hydrogens (tertiary/aromatic N) is 3. The monoisotopic (exact) mass is 567 g/mol. The van der Waals surface area contributed by atoms with E-state index >= 15 is 0 Å². The zero-order valence-electron chi connectivity index (χ0n) is 21.3. The minimum absolute atomic E-state index is 0.0350. The van der Waals surface area contributed by atoms with Crippen molar-refractivity contribution in [2.45, 2.75) is 46.6 Å². The van der Waals surface area contributed by atoms with Crippen LogP contribution in [0.1, 0.15) is 51.6 Å². The van der Waals surface area contributed by atoms with E-state index in [1.54, 1.807) is 35.4 Å². The van der Waals surface area contributed by atoms with E-state index < -0.39 is 0 Å². The Hall–Kier alpha value is -2.74. The molecule has 3 aliphatic rings. The highest BCUT2D eigenvalue weighted by atomic mass is 35.5. The van der Waals surface area contributed by atoms with Crippen molar-refractivity contribution in [1.82, 2.24) is 4.90 Å². The number of thioether (sulfide) groups is 1. The molecule has 3 fully saturated rings. The Morgan fingerprint density at radius 3 is 2.58 bits per heavy atom. The van der Waals surface area contributed by atoms with Crippen molar-refractivity contribution in [3.63, 3.8) is 0 Å². The first kappa shape index (κ1) is 25.5. The topological polar surface area (TPSA) is 71.3 Å². The fourth-order valence-electron chi connectivity index (χ4n) is 5.87. The zero-order valence-corrected chi connectivity index (χ0v) is 23.7. The van der Waals surface area contributed by atoms with Crippen molar-refractivity contribution in [3.8, 4) is 11.3 Å². The van der Waals surface area contributed by atoms with Gasteiger partial charge in [-0.05, 0) is 84.8 Å². The van der Waals surface area contributed by atoms with Crippen molar-refractivity contribution in [1.29, 1.82) is 0 Å². The molecular formula is C29H27Cl2N3O3S. The van der Waals surface area contributed by atoms with E-state index in [0.29, 0.717) is 43.3 Å². The number of hydrogen-bond donors (Lipinski definition) is 0. The number of fused-ring (bicyclic) bond motifs is 2. The maximum atomic E-state index is 13.5. The lowest BCUT2D eigenvalue weighted by Crippen LogP contribution is -2.32.